The highest BCUT2D eigenvalue weighted by Gasteiger charge is 2.52. The Hall–Kier alpha value is -3.07. The van der Waals surface area contributed by atoms with Crippen LogP contribution in [-0.4, -0.2) is 96.4 Å². The number of benzene rings is 1. The van der Waals surface area contributed by atoms with Crippen LogP contribution in [0, 0.1) is 5.92 Å². The Kier molecular flexibility index (Phi) is 8.89. The van der Waals surface area contributed by atoms with Crippen molar-refractivity contribution >= 4 is 18.1 Å². The Balaban J connectivity index is 1.37. The minimum Gasteiger partial charge on any atom is -0.445 e. The van der Waals surface area contributed by atoms with Gasteiger partial charge in [0.15, 0.2) is 0 Å². The van der Waals surface area contributed by atoms with Crippen molar-refractivity contribution in [3.8, 4) is 0 Å². The van der Waals surface area contributed by atoms with E-state index in [4.69, 9.17) is 9.47 Å². The average molecular weight is 541 g/mol. The van der Waals surface area contributed by atoms with E-state index in [0.717, 1.165) is 32.4 Å². The maximum absolute atomic E-state index is 13.0. The molecule has 0 aromatic heterocycles. The molecule has 2 heterocycles. The number of rotatable bonds is 9. The number of ether oxygens (including phenoxy) is 2. The molecule has 2 atom stereocenters. The molecule has 0 bridgehead atoms. The summed E-state index contributed by atoms with van der Waals surface area (Å²) in [5.74, 6) is 0.652. The standard InChI is InChI=1S/C30H44N4O5/c1-6-16-38-28(37)34(25-17-24(25)23-10-8-7-9-11-23)19-22-12-14-33(15-13-22)30(18-26(35)31-5)20-32(21-30)27(36)39-29(2,3)4/h6-11,22,24-25H,1,12-21H2,2-5H3,(H,31,35)/t24-,25+/m0/s1. The van der Waals surface area contributed by atoms with Gasteiger partial charge in [0.1, 0.15) is 12.2 Å². The van der Waals surface area contributed by atoms with E-state index in [1.807, 2.05) is 43.9 Å². The molecule has 3 amide bonds. The first kappa shape index (κ1) is 28.9. The van der Waals surface area contributed by atoms with E-state index in [9.17, 15) is 14.4 Å². The highest BCUT2D eigenvalue weighted by Crippen LogP contribution is 2.45. The number of amides is 3. The molecular formula is C30H44N4O5. The highest BCUT2D eigenvalue weighted by atomic mass is 16.6. The first-order valence-electron chi connectivity index (χ1n) is 14.1. The van der Waals surface area contributed by atoms with Crippen LogP contribution in [0.4, 0.5) is 9.59 Å². The molecule has 0 unspecified atom stereocenters. The van der Waals surface area contributed by atoms with Gasteiger partial charge in [-0.05, 0) is 64.6 Å². The van der Waals surface area contributed by atoms with Crippen molar-refractivity contribution in [1.82, 2.24) is 20.0 Å². The normalized spacial score (nSPS) is 22.8. The Morgan fingerprint density at radius 1 is 1.15 bits per heavy atom. The van der Waals surface area contributed by atoms with Crippen molar-refractivity contribution in [2.45, 2.75) is 69.6 Å². The van der Waals surface area contributed by atoms with Gasteiger partial charge in [-0.25, -0.2) is 9.59 Å². The van der Waals surface area contributed by atoms with Gasteiger partial charge in [0.05, 0.1) is 5.54 Å². The SMILES string of the molecule is C=CCOC(=O)N(CC1CCN(C2(CC(=O)NC)CN(C(=O)OC(C)(C)C)C2)CC1)[C@@H]1C[C@H]1c1ccccc1. The van der Waals surface area contributed by atoms with Gasteiger partial charge < -0.3 is 24.6 Å². The third-order valence-electron chi connectivity index (χ3n) is 8.07. The number of carbonyl (C=O) groups is 3. The number of likely N-dealkylation sites (tertiary alicyclic amines) is 2. The predicted octanol–water partition coefficient (Wildman–Crippen LogP) is 4.00. The third kappa shape index (κ3) is 7.12. The summed E-state index contributed by atoms with van der Waals surface area (Å²) in [5.41, 5.74) is 0.308. The minimum absolute atomic E-state index is 0.0298. The monoisotopic (exact) mass is 540 g/mol. The lowest BCUT2D eigenvalue weighted by Gasteiger charge is -2.56. The first-order chi connectivity index (χ1) is 18.5. The summed E-state index contributed by atoms with van der Waals surface area (Å²) in [6.45, 7) is 12.7. The molecule has 3 aliphatic rings. The van der Waals surface area contributed by atoms with Gasteiger partial charge in [0, 0.05) is 45.1 Å². The van der Waals surface area contributed by atoms with Crippen LogP contribution in [0.2, 0.25) is 0 Å². The van der Waals surface area contributed by atoms with E-state index in [2.05, 4.69) is 28.9 Å². The summed E-state index contributed by atoms with van der Waals surface area (Å²) >= 11 is 0. The lowest BCUT2D eigenvalue weighted by molar-refractivity contribution is -0.131. The van der Waals surface area contributed by atoms with Crippen LogP contribution < -0.4 is 5.32 Å². The second kappa shape index (κ2) is 12.0. The molecule has 39 heavy (non-hydrogen) atoms. The maximum atomic E-state index is 13.0. The van der Waals surface area contributed by atoms with Gasteiger partial charge in [0.25, 0.3) is 0 Å². The van der Waals surface area contributed by atoms with Crippen LogP contribution in [0.25, 0.3) is 0 Å². The Bertz CT molecular complexity index is 1030. The van der Waals surface area contributed by atoms with Crippen molar-refractivity contribution in [3.05, 3.63) is 48.6 Å². The Labute approximate surface area is 232 Å². The van der Waals surface area contributed by atoms with Crippen molar-refractivity contribution in [2.24, 2.45) is 5.92 Å². The summed E-state index contributed by atoms with van der Waals surface area (Å²) in [7, 11) is 1.65. The van der Waals surface area contributed by atoms with E-state index < -0.39 is 5.60 Å². The van der Waals surface area contributed by atoms with Gasteiger partial charge in [0.2, 0.25) is 5.91 Å². The topological polar surface area (TPSA) is 91.4 Å². The fourth-order valence-corrected chi connectivity index (χ4v) is 5.94. The lowest BCUT2D eigenvalue weighted by Crippen LogP contribution is -2.73. The molecule has 2 aliphatic heterocycles. The van der Waals surface area contributed by atoms with Crippen LogP contribution in [-0.2, 0) is 14.3 Å². The van der Waals surface area contributed by atoms with E-state index in [1.54, 1.807) is 18.0 Å². The number of nitrogens with zero attached hydrogens (tertiary/aromatic N) is 3. The third-order valence-corrected chi connectivity index (χ3v) is 8.07. The Morgan fingerprint density at radius 3 is 2.41 bits per heavy atom. The second-order valence-corrected chi connectivity index (χ2v) is 12.2. The molecule has 1 aromatic rings. The van der Waals surface area contributed by atoms with E-state index in [-0.39, 0.29) is 36.3 Å². The number of hydrogen-bond acceptors (Lipinski definition) is 6. The minimum atomic E-state index is -0.561. The molecule has 1 saturated carbocycles. The first-order valence-corrected chi connectivity index (χ1v) is 14.1. The fraction of sp³-hybridized carbons (Fsp3) is 0.633. The summed E-state index contributed by atoms with van der Waals surface area (Å²) in [6.07, 6.45) is 4.10. The average Bonchev–Trinajstić information content (AvgIpc) is 3.68. The van der Waals surface area contributed by atoms with Crippen LogP contribution in [0.3, 0.4) is 0 Å². The molecule has 9 nitrogen and oxygen atoms in total. The maximum Gasteiger partial charge on any atom is 0.410 e. The lowest BCUT2D eigenvalue weighted by atomic mass is 9.81. The van der Waals surface area contributed by atoms with Gasteiger partial charge >= 0.3 is 12.2 Å². The molecule has 0 spiro atoms. The van der Waals surface area contributed by atoms with Crippen molar-refractivity contribution in [2.75, 3.05) is 46.4 Å². The van der Waals surface area contributed by atoms with Crippen LogP contribution in [0.1, 0.15) is 57.9 Å². The molecule has 2 saturated heterocycles. The zero-order chi connectivity index (χ0) is 28.2. The number of nitrogens with one attached hydrogen (secondary N) is 1. The van der Waals surface area contributed by atoms with Crippen molar-refractivity contribution < 1.29 is 23.9 Å². The molecule has 0 radical (unpaired) electrons. The van der Waals surface area contributed by atoms with Crippen molar-refractivity contribution in [3.63, 3.8) is 0 Å². The molecule has 1 aromatic carbocycles. The summed E-state index contributed by atoms with van der Waals surface area (Å²) < 4.78 is 11.0. The van der Waals surface area contributed by atoms with Gasteiger partial charge in [-0.15, -0.1) is 0 Å². The number of hydrogen-bond donors (Lipinski definition) is 1. The molecule has 214 valence electrons. The van der Waals surface area contributed by atoms with Gasteiger partial charge in [-0.1, -0.05) is 43.0 Å². The van der Waals surface area contributed by atoms with E-state index >= 15 is 0 Å². The molecule has 3 fully saturated rings. The smallest absolute Gasteiger partial charge is 0.410 e. The van der Waals surface area contributed by atoms with Crippen molar-refractivity contribution in [1.29, 1.82) is 0 Å². The summed E-state index contributed by atoms with van der Waals surface area (Å²) in [5, 5.41) is 2.75. The molecule has 1 aliphatic carbocycles. The van der Waals surface area contributed by atoms with E-state index in [1.165, 1.54) is 5.56 Å². The highest BCUT2D eigenvalue weighted by molar-refractivity contribution is 5.78. The largest absolute Gasteiger partial charge is 0.445 e. The molecule has 1 N–H and O–H groups in total. The predicted molar refractivity (Wildman–Crippen MR) is 149 cm³/mol. The second-order valence-electron chi connectivity index (χ2n) is 12.2. The molecule has 9 heteroatoms. The van der Waals surface area contributed by atoms with Gasteiger partial charge in [-0.3, -0.25) is 9.69 Å². The fourth-order valence-electron chi connectivity index (χ4n) is 5.94. The number of piperidine rings is 1. The van der Waals surface area contributed by atoms with Gasteiger partial charge in [-0.2, -0.15) is 0 Å². The molecule has 4 rings (SSSR count). The van der Waals surface area contributed by atoms with E-state index in [0.29, 0.717) is 37.9 Å². The Morgan fingerprint density at radius 2 is 1.82 bits per heavy atom. The quantitative estimate of drug-likeness (QED) is 0.476. The summed E-state index contributed by atoms with van der Waals surface area (Å²) in [4.78, 5) is 44.0. The van der Waals surface area contributed by atoms with Crippen LogP contribution >= 0.6 is 0 Å². The zero-order valence-corrected chi connectivity index (χ0v) is 23.9. The number of carbonyl (C=O) groups excluding carboxylic acids is 3. The van der Waals surface area contributed by atoms with Crippen LogP contribution in [0.5, 0.6) is 0 Å². The molecular weight excluding hydrogens is 496 g/mol. The summed E-state index contributed by atoms with van der Waals surface area (Å²) in [6, 6.07) is 10.5. The zero-order valence-electron chi connectivity index (χ0n) is 23.9. The van der Waals surface area contributed by atoms with Crippen LogP contribution in [0.15, 0.2) is 43.0 Å².